The Kier molecular flexibility index (Phi) is 11.0. The van der Waals surface area contributed by atoms with E-state index in [0.717, 1.165) is 11.3 Å². The summed E-state index contributed by atoms with van der Waals surface area (Å²) >= 11 is 1.42. The van der Waals surface area contributed by atoms with E-state index in [1.807, 2.05) is 13.2 Å². The summed E-state index contributed by atoms with van der Waals surface area (Å²) in [6.07, 6.45) is 2.83. The molecule has 2 aromatic rings. The lowest BCUT2D eigenvalue weighted by Gasteiger charge is -2.21. The summed E-state index contributed by atoms with van der Waals surface area (Å²) in [5, 5.41) is 20.0. The molecule has 36 heavy (non-hydrogen) atoms. The van der Waals surface area contributed by atoms with Crippen LogP contribution in [0.4, 0.5) is 0 Å². The van der Waals surface area contributed by atoms with E-state index < -0.39 is 23.8 Å². The van der Waals surface area contributed by atoms with E-state index in [1.54, 1.807) is 24.3 Å². The maximum Gasteiger partial charge on any atom is 0.310 e. The van der Waals surface area contributed by atoms with Crippen LogP contribution in [0.25, 0.3) is 0 Å². The van der Waals surface area contributed by atoms with Gasteiger partial charge in [-0.3, -0.25) is 9.59 Å². The normalized spacial score (nSPS) is 12.4. The lowest BCUT2D eigenvalue weighted by Crippen LogP contribution is -2.17. The first-order chi connectivity index (χ1) is 17.3. The molecule has 0 bridgehead atoms. The fourth-order valence-electron chi connectivity index (χ4n) is 3.95. The number of rotatable bonds is 15. The van der Waals surface area contributed by atoms with Crippen molar-refractivity contribution in [2.45, 2.75) is 42.9 Å². The Morgan fingerprint density at radius 2 is 1.22 bits per heavy atom. The van der Waals surface area contributed by atoms with Gasteiger partial charge in [0, 0.05) is 0 Å². The molecule has 0 amide bonds. The number of carboxylic acid groups (broad SMARTS) is 2. The molecular formula is C26H34O9S. The van der Waals surface area contributed by atoms with Gasteiger partial charge in [0.1, 0.15) is 0 Å². The first kappa shape index (κ1) is 29.0. The van der Waals surface area contributed by atoms with Gasteiger partial charge in [-0.1, -0.05) is 6.92 Å². The maximum absolute atomic E-state index is 12.3. The number of hydrogen-bond donors (Lipinski definition) is 2. The molecule has 198 valence electrons. The van der Waals surface area contributed by atoms with E-state index in [4.69, 9.17) is 23.7 Å². The molecule has 0 aliphatic heterocycles. The molecule has 9 nitrogen and oxygen atoms in total. The minimum Gasteiger partial charge on any atom is -0.493 e. The van der Waals surface area contributed by atoms with Crippen LogP contribution in [0, 0.1) is 0 Å². The zero-order valence-electron chi connectivity index (χ0n) is 21.5. The van der Waals surface area contributed by atoms with Gasteiger partial charge in [0.05, 0.1) is 51.8 Å². The van der Waals surface area contributed by atoms with E-state index in [-0.39, 0.29) is 12.8 Å². The molecule has 0 radical (unpaired) electrons. The van der Waals surface area contributed by atoms with Crippen molar-refractivity contribution in [3.63, 3.8) is 0 Å². The Morgan fingerprint density at radius 3 is 1.58 bits per heavy atom. The highest BCUT2D eigenvalue weighted by Gasteiger charge is 2.29. The van der Waals surface area contributed by atoms with E-state index in [9.17, 15) is 19.8 Å². The first-order valence-electron chi connectivity index (χ1n) is 11.4. The summed E-state index contributed by atoms with van der Waals surface area (Å²) in [4.78, 5) is 25.2. The number of hydrogen-bond acceptors (Lipinski definition) is 8. The number of thioether (sulfide) groups is 1. The molecule has 10 heteroatoms. The van der Waals surface area contributed by atoms with Crippen molar-refractivity contribution >= 4 is 23.7 Å². The van der Waals surface area contributed by atoms with Gasteiger partial charge in [0.25, 0.3) is 0 Å². The lowest BCUT2D eigenvalue weighted by atomic mass is 9.87. The summed E-state index contributed by atoms with van der Waals surface area (Å²) in [6.45, 7) is 2.49. The fourth-order valence-corrected chi connectivity index (χ4v) is 4.55. The Bertz CT molecular complexity index is 1000. The predicted molar refractivity (Wildman–Crippen MR) is 137 cm³/mol. The third-order valence-corrected chi connectivity index (χ3v) is 6.51. The van der Waals surface area contributed by atoms with Crippen LogP contribution in [0.1, 0.15) is 49.1 Å². The van der Waals surface area contributed by atoms with Crippen LogP contribution in [0.2, 0.25) is 0 Å². The molecule has 0 heterocycles. The highest BCUT2D eigenvalue weighted by atomic mass is 32.2. The van der Waals surface area contributed by atoms with Gasteiger partial charge in [-0.15, -0.1) is 11.8 Å². The minimum atomic E-state index is -1.08. The zero-order valence-corrected chi connectivity index (χ0v) is 22.3. The number of ether oxygens (including phenoxy) is 5. The van der Waals surface area contributed by atoms with Crippen LogP contribution < -0.4 is 23.7 Å². The maximum atomic E-state index is 12.3. The predicted octanol–water partition coefficient (Wildman–Crippen LogP) is 5.05. The highest BCUT2D eigenvalue weighted by molar-refractivity contribution is 7.98. The Labute approximate surface area is 215 Å². The summed E-state index contributed by atoms with van der Waals surface area (Å²) < 4.78 is 27.4. The van der Waals surface area contributed by atoms with Gasteiger partial charge in [0.15, 0.2) is 23.0 Å². The number of methoxy groups -OCH3 is 4. The topological polar surface area (TPSA) is 121 Å². The molecular weight excluding hydrogens is 488 g/mol. The molecule has 0 aromatic heterocycles. The molecule has 2 atom stereocenters. The van der Waals surface area contributed by atoms with Gasteiger partial charge in [0.2, 0.25) is 5.75 Å². The largest absolute Gasteiger partial charge is 0.493 e. The zero-order chi connectivity index (χ0) is 26.8. The van der Waals surface area contributed by atoms with Crippen molar-refractivity contribution in [2.75, 3.05) is 41.3 Å². The van der Waals surface area contributed by atoms with E-state index in [2.05, 4.69) is 0 Å². The second kappa shape index (κ2) is 13.7. The third-order valence-electron chi connectivity index (χ3n) is 5.77. The summed E-state index contributed by atoms with van der Waals surface area (Å²) in [5.41, 5.74) is 0.938. The van der Waals surface area contributed by atoms with Crippen molar-refractivity contribution in [3.8, 4) is 28.7 Å². The van der Waals surface area contributed by atoms with E-state index >= 15 is 0 Å². The quantitative estimate of drug-likeness (QED) is 0.307. The van der Waals surface area contributed by atoms with Gasteiger partial charge in [-0.2, -0.15) is 0 Å². The molecule has 0 saturated heterocycles. The number of carboxylic acids is 2. The van der Waals surface area contributed by atoms with Crippen LogP contribution in [0.3, 0.4) is 0 Å². The van der Waals surface area contributed by atoms with Crippen molar-refractivity contribution in [3.05, 3.63) is 35.4 Å². The van der Waals surface area contributed by atoms with Crippen LogP contribution in [0.5, 0.6) is 28.7 Å². The number of aliphatic carboxylic acids is 2. The smallest absolute Gasteiger partial charge is 0.310 e. The monoisotopic (exact) mass is 522 g/mol. The summed E-state index contributed by atoms with van der Waals surface area (Å²) in [6, 6.07) is 6.57. The van der Waals surface area contributed by atoms with Crippen LogP contribution in [-0.4, -0.2) is 63.5 Å². The molecule has 0 saturated carbocycles. The van der Waals surface area contributed by atoms with Gasteiger partial charge in [-0.25, -0.2) is 0 Å². The SMILES string of the molecule is CCCOc1c(OC)cc(C(CCC(C(=O)O)c2cc(OC)c(OC)c(OC)c2)C(=O)O)cc1SC. The Balaban J connectivity index is 2.43. The summed E-state index contributed by atoms with van der Waals surface area (Å²) in [7, 11) is 5.86. The van der Waals surface area contributed by atoms with Gasteiger partial charge >= 0.3 is 11.9 Å². The third kappa shape index (κ3) is 6.69. The van der Waals surface area contributed by atoms with Crippen molar-refractivity contribution < 1.29 is 43.5 Å². The number of benzene rings is 2. The molecule has 0 aliphatic carbocycles. The second-order valence-electron chi connectivity index (χ2n) is 7.92. The number of carbonyl (C=O) groups is 2. The van der Waals surface area contributed by atoms with Crippen LogP contribution in [0.15, 0.2) is 29.2 Å². The van der Waals surface area contributed by atoms with Gasteiger partial charge in [-0.05, 0) is 60.9 Å². The molecule has 2 rings (SSSR count). The molecule has 0 fully saturated rings. The second-order valence-corrected chi connectivity index (χ2v) is 8.77. The minimum absolute atomic E-state index is 0.0654. The fraction of sp³-hybridized carbons (Fsp3) is 0.462. The molecule has 2 N–H and O–H groups in total. The highest BCUT2D eigenvalue weighted by Crippen LogP contribution is 2.43. The standard InChI is InChI=1S/C26H34O9S/c1-7-10-35-24-21(33-4)13-16(14-22(24)36-6)18(26(29)30)9-8-17(25(27)28)15-11-19(31-2)23(34-5)20(12-15)32-3/h11-14,17-18H,7-10H2,1-6H3,(H,27,28)(H,29,30). The lowest BCUT2D eigenvalue weighted by molar-refractivity contribution is -0.141. The average molecular weight is 523 g/mol. The van der Waals surface area contributed by atoms with Crippen LogP contribution in [-0.2, 0) is 9.59 Å². The van der Waals surface area contributed by atoms with Crippen molar-refractivity contribution in [1.82, 2.24) is 0 Å². The van der Waals surface area contributed by atoms with Crippen molar-refractivity contribution in [2.24, 2.45) is 0 Å². The molecule has 2 aromatic carbocycles. The molecule has 0 spiro atoms. The molecule has 0 aliphatic rings. The van der Waals surface area contributed by atoms with Gasteiger partial charge < -0.3 is 33.9 Å². The summed E-state index contributed by atoms with van der Waals surface area (Å²) in [5.74, 6) is -2.08. The average Bonchev–Trinajstić information content (AvgIpc) is 2.88. The Hall–Kier alpha value is -3.27. The van der Waals surface area contributed by atoms with Crippen molar-refractivity contribution in [1.29, 1.82) is 0 Å². The first-order valence-corrected chi connectivity index (χ1v) is 12.6. The van der Waals surface area contributed by atoms with Crippen LogP contribution >= 0.6 is 11.8 Å². The van der Waals surface area contributed by atoms with E-state index in [0.29, 0.717) is 46.5 Å². The molecule has 2 unspecified atom stereocenters. The Morgan fingerprint density at radius 1 is 0.778 bits per heavy atom. The van der Waals surface area contributed by atoms with E-state index in [1.165, 1.54) is 40.2 Å².